The second-order valence-electron chi connectivity index (χ2n) is 5.10. The number of nitrogens with one attached hydrogen (secondary N) is 1. The van der Waals surface area contributed by atoms with Crippen molar-refractivity contribution in [3.8, 4) is 0 Å². The average Bonchev–Trinajstić information content (AvgIpc) is 2.53. The molecule has 8 heteroatoms. The number of sulfonamides is 1. The lowest BCUT2D eigenvalue weighted by atomic mass is 10.2. The second-order valence-corrected chi connectivity index (χ2v) is 8.00. The number of anilines is 1. The van der Waals surface area contributed by atoms with Crippen LogP contribution in [0.15, 0.2) is 28.0 Å². The van der Waals surface area contributed by atoms with E-state index in [1.165, 1.54) is 6.92 Å². The minimum Gasteiger partial charge on any atom is -0.382 e. The number of hydrogen-bond acceptors (Lipinski definition) is 5. The third-order valence-corrected chi connectivity index (χ3v) is 5.95. The topological polar surface area (TPSA) is 75.7 Å². The van der Waals surface area contributed by atoms with Gasteiger partial charge in [0.15, 0.2) is 0 Å². The first kappa shape index (κ1) is 18.3. The lowest BCUT2D eigenvalue weighted by Gasteiger charge is -2.28. The lowest BCUT2D eigenvalue weighted by Crippen LogP contribution is -2.34. The fourth-order valence-corrected chi connectivity index (χ4v) is 4.37. The summed E-state index contributed by atoms with van der Waals surface area (Å²) in [6.45, 7) is 5.46. The van der Waals surface area contributed by atoms with Crippen molar-refractivity contribution >= 4 is 33.4 Å². The first-order valence-corrected chi connectivity index (χ1v) is 10.0. The maximum atomic E-state index is 12.4. The Bertz CT molecular complexity index is 661. The molecule has 23 heavy (non-hydrogen) atoms. The van der Waals surface area contributed by atoms with Crippen LogP contribution in [0.25, 0.3) is 0 Å². The summed E-state index contributed by atoms with van der Waals surface area (Å²) >= 11 is 1.63. The Morgan fingerprint density at radius 3 is 2.91 bits per heavy atom. The summed E-state index contributed by atoms with van der Waals surface area (Å²) < 4.78 is 32.5. The zero-order valence-corrected chi connectivity index (χ0v) is 15.0. The monoisotopic (exact) mass is 358 g/mol. The molecule has 0 unspecified atom stereocenters. The molecule has 1 aliphatic rings. The largest absolute Gasteiger partial charge is 0.382 e. The zero-order chi connectivity index (χ0) is 16.9. The Kier molecular flexibility index (Phi) is 6.46. The molecule has 0 radical (unpaired) electrons. The molecule has 0 saturated heterocycles. The number of benzene rings is 1. The fourth-order valence-electron chi connectivity index (χ4n) is 2.30. The van der Waals surface area contributed by atoms with Gasteiger partial charge in [-0.05, 0) is 31.5 Å². The van der Waals surface area contributed by atoms with Crippen molar-refractivity contribution in [3.63, 3.8) is 0 Å². The highest BCUT2D eigenvalue weighted by Gasteiger charge is 2.23. The van der Waals surface area contributed by atoms with E-state index < -0.39 is 10.0 Å². The molecule has 0 fully saturated rings. The molecule has 0 aromatic heterocycles. The third-order valence-electron chi connectivity index (χ3n) is 3.45. The van der Waals surface area contributed by atoms with E-state index in [2.05, 4.69) is 4.72 Å². The Labute approximate surface area is 141 Å². The van der Waals surface area contributed by atoms with Crippen LogP contribution in [0.4, 0.5) is 5.69 Å². The molecule has 2 rings (SSSR count). The molecule has 1 aromatic carbocycles. The molecule has 1 aliphatic heterocycles. The van der Waals surface area contributed by atoms with Crippen LogP contribution < -0.4 is 9.62 Å². The van der Waals surface area contributed by atoms with Gasteiger partial charge in [-0.25, -0.2) is 13.1 Å². The predicted molar refractivity (Wildman–Crippen MR) is 91.5 cm³/mol. The average molecular weight is 358 g/mol. The Hall–Kier alpha value is -1.09. The van der Waals surface area contributed by atoms with Crippen molar-refractivity contribution in [3.05, 3.63) is 18.2 Å². The van der Waals surface area contributed by atoms with E-state index in [1.807, 2.05) is 6.92 Å². The van der Waals surface area contributed by atoms with Crippen LogP contribution in [-0.2, 0) is 19.6 Å². The van der Waals surface area contributed by atoms with E-state index in [-0.39, 0.29) is 10.8 Å². The molecule has 1 amide bonds. The highest BCUT2D eigenvalue weighted by molar-refractivity contribution is 7.99. The summed E-state index contributed by atoms with van der Waals surface area (Å²) in [6, 6.07) is 4.93. The Balaban J connectivity index is 2.13. The number of hydrogen-bond donors (Lipinski definition) is 1. The molecule has 1 heterocycles. The Morgan fingerprint density at radius 1 is 1.43 bits per heavy atom. The maximum absolute atomic E-state index is 12.4. The van der Waals surface area contributed by atoms with Crippen LogP contribution in [0.3, 0.4) is 0 Å². The summed E-state index contributed by atoms with van der Waals surface area (Å²) in [7, 11) is -3.58. The maximum Gasteiger partial charge on any atom is 0.240 e. The van der Waals surface area contributed by atoms with Crippen molar-refractivity contribution in [1.82, 2.24) is 4.72 Å². The Morgan fingerprint density at radius 2 is 2.22 bits per heavy atom. The van der Waals surface area contributed by atoms with Gasteiger partial charge in [0.2, 0.25) is 15.9 Å². The zero-order valence-electron chi connectivity index (χ0n) is 13.4. The molecular formula is C15H22N2O4S2. The number of rotatable bonds is 7. The van der Waals surface area contributed by atoms with Gasteiger partial charge in [0.1, 0.15) is 0 Å². The molecular weight excluding hydrogens is 336 g/mol. The second kappa shape index (κ2) is 8.14. The first-order chi connectivity index (χ1) is 11.0. The van der Waals surface area contributed by atoms with Crippen molar-refractivity contribution in [2.45, 2.75) is 30.1 Å². The predicted octanol–water partition coefficient (Wildman–Crippen LogP) is 1.85. The molecule has 6 nitrogen and oxygen atoms in total. The van der Waals surface area contributed by atoms with Crippen LogP contribution in [0.2, 0.25) is 0 Å². The van der Waals surface area contributed by atoms with Crippen LogP contribution in [0.5, 0.6) is 0 Å². The van der Waals surface area contributed by atoms with Gasteiger partial charge in [-0.3, -0.25) is 4.79 Å². The summed E-state index contributed by atoms with van der Waals surface area (Å²) in [4.78, 5) is 14.5. The lowest BCUT2D eigenvalue weighted by molar-refractivity contribution is -0.116. The van der Waals surface area contributed by atoms with E-state index >= 15 is 0 Å². The minimum absolute atomic E-state index is 0.0780. The van der Waals surface area contributed by atoms with E-state index in [0.29, 0.717) is 38.4 Å². The van der Waals surface area contributed by atoms with Gasteiger partial charge in [-0.15, -0.1) is 11.8 Å². The number of thioether (sulfide) groups is 1. The molecule has 0 spiro atoms. The summed E-state index contributed by atoms with van der Waals surface area (Å²) in [6.07, 6.45) is 0.618. The fraction of sp³-hybridized carbons (Fsp3) is 0.533. The minimum atomic E-state index is -3.58. The normalized spacial score (nSPS) is 14.6. The van der Waals surface area contributed by atoms with E-state index in [0.717, 1.165) is 10.6 Å². The van der Waals surface area contributed by atoms with Gasteiger partial charge < -0.3 is 9.64 Å². The van der Waals surface area contributed by atoms with Gasteiger partial charge in [-0.1, -0.05) is 0 Å². The number of carbonyl (C=O) groups is 1. The van der Waals surface area contributed by atoms with Crippen molar-refractivity contribution < 1.29 is 17.9 Å². The van der Waals surface area contributed by atoms with Gasteiger partial charge in [-0.2, -0.15) is 0 Å². The highest BCUT2D eigenvalue weighted by atomic mass is 32.2. The van der Waals surface area contributed by atoms with Crippen LogP contribution in [0.1, 0.15) is 20.3 Å². The van der Waals surface area contributed by atoms with Crippen molar-refractivity contribution in [2.75, 3.05) is 37.0 Å². The molecule has 1 aromatic rings. The van der Waals surface area contributed by atoms with E-state index in [9.17, 15) is 13.2 Å². The first-order valence-electron chi connectivity index (χ1n) is 7.58. The van der Waals surface area contributed by atoms with Crippen molar-refractivity contribution in [1.29, 1.82) is 0 Å². The summed E-state index contributed by atoms with van der Waals surface area (Å²) in [5.74, 6) is 0.736. The number of fused-ring (bicyclic) bond motifs is 1. The molecule has 1 N–H and O–H groups in total. The molecule has 0 atom stereocenters. The molecule has 0 saturated carbocycles. The SMILES string of the molecule is CCOCCCNS(=O)(=O)c1ccc2c(c1)N(C(C)=O)CCS2. The molecule has 0 aliphatic carbocycles. The number of carbonyl (C=O) groups excluding carboxylic acids is 1. The number of nitrogens with zero attached hydrogens (tertiary/aromatic N) is 1. The van der Waals surface area contributed by atoms with Gasteiger partial charge >= 0.3 is 0 Å². The quantitative estimate of drug-likeness (QED) is 0.753. The van der Waals surface area contributed by atoms with Gasteiger partial charge in [0.05, 0.1) is 10.6 Å². The molecule has 0 bridgehead atoms. The number of amides is 1. The van der Waals surface area contributed by atoms with Crippen molar-refractivity contribution in [2.24, 2.45) is 0 Å². The number of ether oxygens (including phenoxy) is 1. The van der Waals surface area contributed by atoms with Crippen LogP contribution in [0, 0.1) is 0 Å². The highest BCUT2D eigenvalue weighted by Crippen LogP contribution is 2.36. The van der Waals surface area contributed by atoms with Crippen LogP contribution >= 0.6 is 11.8 Å². The van der Waals surface area contributed by atoms with Gasteiger partial charge in [0.25, 0.3) is 0 Å². The van der Waals surface area contributed by atoms with Crippen LogP contribution in [-0.4, -0.2) is 46.4 Å². The summed E-state index contributed by atoms with van der Waals surface area (Å²) in [5, 5.41) is 0. The van der Waals surface area contributed by atoms with E-state index in [1.54, 1.807) is 34.9 Å². The van der Waals surface area contributed by atoms with Gasteiger partial charge in [0, 0.05) is 43.9 Å². The summed E-state index contributed by atoms with van der Waals surface area (Å²) in [5.41, 5.74) is 0.672. The standard InChI is InChI=1S/C15H22N2O4S2/c1-3-21-9-4-7-16-23(19,20)13-5-6-15-14(11-13)17(12(2)18)8-10-22-15/h5-6,11,16H,3-4,7-10H2,1-2H3. The third kappa shape index (κ3) is 4.69. The van der Waals surface area contributed by atoms with E-state index in [4.69, 9.17) is 4.74 Å². The molecule has 128 valence electrons. The smallest absolute Gasteiger partial charge is 0.240 e.